The lowest BCUT2D eigenvalue weighted by atomic mass is 10.2. The van der Waals surface area contributed by atoms with Crippen LogP contribution in [0.2, 0.25) is 10.0 Å². The molecule has 10 heteroatoms. The zero-order valence-corrected chi connectivity index (χ0v) is 19.8. The van der Waals surface area contributed by atoms with E-state index in [2.05, 4.69) is 0 Å². The molecular weight excluding hydrogens is 499 g/mol. The molecule has 34 heavy (non-hydrogen) atoms. The maximum Gasteiger partial charge on any atom is 0.293 e. The number of imide groups is 1. The molecule has 0 radical (unpaired) electrons. The van der Waals surface area contributed by atoms with Crippen LogP contribution in [0.15, 0.2) is 71.6 Å². The minimum Gasteiger partial charge on any atom is -0.489 e. The summed E-state index contributed by atoms with van der Waals surface area (Å²) >= 11 is 13.0. The van der Waals surface area contributed by atoms with Crippen molar-refractivity contribution < 1.29 is 19.2 Å². The predicted octanol–water partition coefficient (Wildman–Crippen LogP) is 6.72. The summed E-state index contributed by atoms with van der Waals surface area (Å²) in [6.45, 7) is 0.274. The van der Waals surface area contributed by atoms with Crippen molar-refractivity contribution in [3.63, 3.8) is 0 Å². The Bertz CT molecular complexity index is 1310. The van der Waals surface area contributed by atoms with Crippen LogP contribution in [0.25, 0.3) is 6.08 Å². The second-order valence-corrected chi connectivity index (χ2v) is 9.13. The number of ether oxygens (including phenoxy) is 1. The highest BCUT2D eigenvalue weighted by Gasteiger charge is 2.35. The lowest BCUT2D eigenvalue weighted by Gasteiger charge is -2.13. The third-order valence-corrected chi connectivity index (χ3v) is 6.42. The van der Waals surface area contributed by atoms with Crippen molar-refractivity contribution in [2.45, 2.75) is 13.2 Å². The quantitative estimate of drug-likeness (QED) is 0.197. The Morgan fingerprint density at radius 1 is 1.03 bits per heavy atom. The number of hydrogen-bond acceptors (Lipinski definition) is 6. The van der Waals surface area contributed by atoms with E-state index in [-0.39, 0.29) is 24.1 Å². The number of benzene rings is 3. The third-order valence-electron chi connectivity index (χ3n) is 4.93. The molecule has 0 saturated carbocycles. The first kappa shape index (κ1) is 23.8. The number of hydrogen-bond donors (Lipinski definition) is 0. The molecule has 0 bridgehead atoms. The van der Waals surface area contributed by atoms with Crippen molar-refractivity contribution >= 4 is 57.9 Å². The number of non-ortho nitro benzene ring substituents is 1. The molecule has 1 saturated heterocycles. The van der Waals surface area contributed by atoms with E-state index >= 15 is 0 Å². The summed E-state index contributed by atoms with van der Waals surface area (Å²) in [7, 11) is 0. The van der Waals surface area contributed by atoms with Crippen LogP contribution in [0.4, 0.5) is 10.5 Å². The van der Waals surface area contributed by atoms with Gasteiger partial charge in [0, 0.05) is 22.2 Å². The average molecular weight is 515 g/mol. The molecule has 4 rings (SSSR count). The summed E-state index contributed by atoms with van der Waals surface area (Å²) < 4.78 is 5.77. The van der Waals surface area contributed by atoms with Gasteiger partial charge >= 0.3 is 0 Å². The molecular formula is C24H16Cl2N2O5S. The topological polar surface area (TPSA) is 89.7 Å². The minimum absolute atomic E-state index is 0.0121. The van der Waals surface area contributed by atoms with E-state index in [0.29, 0.717) is 31.8 Å². The van der Waals surface area contributed by atoms with Gasteiger partial charge < -0.3 is 4.74 Å². The van der Waals surface area contributed by atoms with Gasteiger partial charge in [-0.1, -0.05) is 41.4 Å². The summed E-state index contributed by atoms with van der Waals surface area (Å²) in [5, 5.41) is 11.2. The van der Waals surface area contributed by atoms with E-state index in [0.717, 1.165) is 22.2 Å². The predicted molar refractivity (Wildman–Crippen MR) is 132 cm³/mol. The number of nitro groups is 1. The monoisotopic (exact) mass is 514 g/mol. The Morgan fingerprint density at radius 3 is 2.50 bits per heavy atom. The second-order valence-electron chi connectivity index (χ2n) is 7.29. The average Bonchev–Trinajstić information content (AvgIpc) is 3.07. The molecule has 7 nitrogen and oxygen atoms in total. The van der Waals surface area contributed by atoms with Crippen molar-refractivity contribution in [3.05, 3.63) is 108 Å². The fourth-order valence-corrected chi connectivity index (χ4v) is 4.49. The van der Waals surface area contributed by atoms with Gasteiger partial charge in [-0.25, -0.2) is 0 Å². The molecule has 1 aliphatic heterocycles. The summed E-state index contributed by atoms with van der Waals surface area (Å²) in [4.78, 5) is 37.0. The minimum atomic E-state index is -0.458. The van der Waals surface area contributed by atoms with E-state index in [1.165, 1.54) is 12.1 Å². The molecule has 3 aromatic carbocycles. The first-order chi connectivity index (χ1) is 16.3. The molecule has 0 atom stereocenters. The fraction of sp³-hybridized carbons (Fsp3) is 0.0833. The van der Waals surface area contributed by atoms with Crippen molar-refractivity contribution in [1.29, 1.82) is 0 Å². The first-order valence-electron chi connectivity index (χ1n) is 9.95. The first-order valence-corrected chi connectivity index (χ1v) is 11.5. The van der Waals surface area contributed by atoms with Gasteiger partial charge in [-0.15, -0.1) is 0 Å². The highest BCUT2D eigenvalue weighted by atomic mass is 35.5. The van der Waals surface area contributed by atoms with E-state index < -0.39 is 10.8 Å². The zero-order valence-electron chi connectivity index (χ0n) is 17.4. The van der Waals surface area contributed by atoms with Crippen LogP contribution >= 0.6 is 35.0 Å². The van der Waals surface area contributed by atoms with E-state index in [4.69, 9.17) is 27.9 Å². The van der Waals surface area contributed by atoms with Crippen LogP contribution in [0.5, 0.6) is 5.75 Å². The number of nitro benzene ring substituents is 1. The van der Waals surface area contributed by atoms with Crippen LogP contribution < -0.4 is 4.74 Å². The number of rotatable bonds is 7. The molecule has 0 aliphatic carbocycles. The van der Waals surface area contributed by atoms with Crippen LogP contribution in [-0.2, 0) is 17.9 Å². The maximum absolute atomic E-state index is 12.8. The molecule has 1 fully saturated rings. The molecule has 0 N–H and O–H groups in total. The Morgan fingerprint density at radius 2 is 1.79 bits per heavy atom. The highest BCUT2D eigenvalue weighted by molar-refractivity contribution is 8.18. The number of halogens is 2. The van der Waals surface area contributed by atoms with Crippen molar-refractivity contribution in [3.8, 4) is 5.75 Å². The van der Waals surface area contributed by atoms with Gasteiger partial charge in [-0.2, -0.15) is 0 Å². The van der Waals surface area contributed by atoms with Gasteiger partial charge in [0.2, 0.25) is 0 Å². The van der Waals surface area contributed by atoms with E-state index in [9.17, 15) is 19.7 Å². The Balaban J connectivity index is 1.44. The van der Waals surface area contributed by atoms with Gasteiger partial charge in [0.05, 0.1) is 16.4 Å². The SMILES string of the molecule is O=C1S/C(=C/c2cccc(OCc3ccc([N+](=O)[O-])cc3)c2)C(=O)N1Cc1ccc(Cl)cc1Cl. The lowest BCUT2D eigenvalue weighted by molar-refractivity contribution is -0.384. The van der Waals surface area contributed by atoms with Crippen molar-refractivity contribution in [2.24, 2.45) is 0 Å². The molecule has 0 aromatic heterocycles. The van der Waals surface area contributed by atoms with Gasteiger partial charge in [-0.3, -0.25) is 24.6 Å². The summed E-state index contributed by atoms with van der Waals surface area (Å²) in [6.07, 6.45) is 1.63. The van der Waals surface area contributed by atoms with Gasteiger partial charge in [0.25, 0.3) is 16.8 Å². The van der Waals surface area contributed by atoms with E-state index in [1.54, 1.807) is 60.7 Å². The smallest absolute Gasteiger partial charge is 0.293 e. The molecule has 1 aliphatic rings. The largest absolute Gasteiger partial charge is 0.489 e. The molecule has 2 amide bonds. The highest BCUT2D eigenvalue weighted by Crippen LogP contribution is 2.35. The molecule has 0 spiro atoms. The Kier molecular flexibility index (Phi) is 7.21. The number of amides is 2. The summed E-state index contributed by atoms with van der Waals surface area (Å²) in [5.41, 5.74) is 2.10. The second kappa shape index (κ2) is 10.3. The molecule has 0 unspecified atom stereocenters. The zero-order chi connectivity index (χ0) is 24.2. The molecule has 172 valence electrons. The number of thioether (sulfide) groups is 1. The standard InChI is InChI=1S/C24H16Cl2N2O5S/c25-18-7-6-17(21(26)12-18)13-27-23(29)22(34-24(27)30)11-16-2-1-3-20(10-16)33-14-15-4-8-19(9-5-15)28(31)32/h1-12H,13-14H2/b22-11+. The number of carbonyl (C=O) groups excluding carboxylic acids is 2. The van der Waals surface area contributed by atoms with Crippen LogP contribution in [-0.4, -0.2) is 21.0 Å². The third kappa shape index (κ3) is 5.59. The fourth-order valence-electron chi connectivity index (χ4n) is 3.18. The van der Waals surface area contributed by atoms with Crippen LogP contribution in [0.1, 0.15) is 16.7 Å². The van der Waals surface area contributed by atoms with Gasteiger partial charge in [-0.05, 0) is 70.9 Å². The Hall–Kier alpha value is -3.33. The van der Waals surface area contributed by atoms with Gasteiger partial charge in [0.15, 0.2) is 0 Å². The molecule has 3 aromatic rings. The normalized spacial score (nSPS) is 14.6. The van der Waals surface area contributed by atoms with Crippen LogP contribution in [0.3, 0.4) is 0 Å². The maximum atomic E-state index is 12.8. The van der Waals surface area contributed by atoms with E-state index in [1.807, 2.05) is 0 Å². The van der Waals surface area contributed by atoms with Crippen molar-refractivity contribution in [2.75, 3.05) is 0 Å². The lowest BCUT2D eigenvalue weighted by Crippen LogP contribution is -2.27. The van der Waals surface area contributed by atoms with Crippen LogP contribution in [0, 0.1) is 10.1 Å². The van der Waals surface area contributed by atoms with Gasteiger partial charge in [0.1, 0.15) is 12.4 Å². The summed E-state index contributed by atoms with van der Waals surface area (Å²) in [6, 6.07) is 18.1. The molecule has 1 heterocycles. The Labute approximate surface area is 209 Å². The number of nitrogens with zero attached hydrogens (tertiary/aromatic N) is 2. The number of carbonyl (C=O) groups is 2. The van der Waals surface area contributed by atoms with Crippen molar-refractivity contribution in [1.82, 2.24) is 4.90 Å². The summed E-state index contributed by atoms with van der Waals surface area (Å²) in [5.74, 6) is 0.150.